The Morgan fingerprint density at radius 1 is 0.676 bits per heavy atom. The van der Waals surface area contributed by atoms with Crippen LogP contribution < -0.4 is 10.6 Å². The lowest BCUT2D eigenvalue weighted by atomic mass is 10.5. The van der Waals surface area contributed by atoms with Crippen LogP contribution in [0.5, 0.6) is 0 Å². The van der Waals surface area contributed by atoms with E-state index >= 15 is 0 Å². The third-order valence-corrected chi connectivity index (χ3v) is 2.87. The second-order valence-electron chi connectivity index (χ2n) is 5.44. The topological polar surface area (TPSA) is 210 Å². The molecule has 0 atom stereocenters. The van der Waals surface area contributed by atoms with Crippen LogP contribution in [-0.4, -0.2) is 101 Å². The molecule has 34 heavy (non-hydrogen) atoms. The fourth-order valence-electron chi connectivity index (χ4n) is 1.35. The van der Waals surface area contributed by atoms with E-state index in [2.05, 4.69) is 24.3 Å². The number of hydrogen-bond acceptors (Lipinski definition) is 12. The van der Waals surface area contributed by atoms with Crippen LogP contribution >= 0.6 is 0 Å². The first-order chi connectivity index (χ1) is 16.0. The Labute approximate surface area is 194 Å². The normalized spacial score (nSPS) is 9.85. The van der Waals surface area contributed by atoms with E-state index in [1.54, 1.807) is 0 Å². The van der Waals surface area contributed by atoms with E-state index in [0.717, 1.165) is 31.4 Å². The van der Waals surface area contributed by atoms with Gasteiger partial charge in [-0.1, -0.05) is 0 Å². The Bertz CT molecular complexity index is 774. The Morgan fingerprint density at radius 2 is 1.09 bits per heavy atom. The molecule has 0 spiro atoms. The summed E-state index contributed by atoms with van der Waals surface area (Å²) in [6.45, 7) is -0.882. The Balaban J connectivity index is 0. The molecule has 0 aromatic carbocycles. The average molecular weight is 490 g/mol. The number of nitrogens with one attached hydrogen (secondary N) is 2. The van der Waals surface area contributed by atoms with Gasteiger partial charge < -0.3 is 39.4 Å². The summed E-state index contributed by atoms with van der Waals surface area (Å²) in [5.41, 5.74) is 0. The van der Waals surface area contributed by atoms with E-state index in [1.807, 2.05) is 5.32 Å². The van der Waals surface area contributed by atoms with Crippen LogP contribution in [0.4, 0.5) is 0 Å². The Hall–Kier alpha value is -4.27. The molecule has 190 valence electrons. The summed E-state index contributed by atoms with van der Waals surface area (Å²) in [7, 11) is 3.82. The van der Waals surface area contributed by atoms with Crippen LogP contribution in [0.25, 0.3) is 0 Å². The lowest BCUT2D eigenvalue weighted by Crippen LogP contribution is -2.32. The fourth-order valence-corrected chi connectivity index (χ4v) is 1.35. The molecule has 0 aromatic rings. The highest BCUT2D eigenvalue weighted by atomic mass is 16.5. The number of aliphatic carboxylic acids is 1. The van der Waals surface area contributed by atoms with E-state index in [-0.39, 0.29) is 0 Å². The summed E-state index contributed by atoms with van der Waals surface area (Å²) in [6, 6.07) is 0. The standard InChI is InChI=1S/C10H15NO6.C9H11NO7/c1-15-6-5-11-8(12)7-17-10(14)4-3-9(13)16-2;1-16-8(14)2-3-9(15)17-5-6(11)10-4-7(12)13/h3-4H,5-7H2,1-2H3,(H,11,12);2-3H,4-5H2,1H3,(H,10,11)(H,12,13)/b4-3+;3-2+. The zero-order chi connectivity index (χ0) is 26.4. The first-order valence-corrected chi connectivity index (χ1v) is 9.15. The Morgan fingerprint density at radius 3 is 1.47 bits per heavy atom. The molecule has 15 heteroatoms. The number of rotatable bonds is 13. The Kier molecular flexibility index (Phi) is 19.4. The maximum absolute atomic E-state index is 11.1. The predicted molar refractivity (Wildman–Crippen MR) is 110 cm³/mol. The van der Waals surface area contributed by atoms with E-state index < -0.39 is 61.4 Å². The molecule has 3 N–H and O–H groups in total. The van der Waals surface area contributed by atoms with Gasteiger partial charge in [0.2, 0.25) is 0 Å². The van der Waals surface area contributed by atoms with Gasteiger partial charge in [0, 0.05) is 38.0 Å². The van der Waals surface area contributed by atoms with E-state index in [9.17, 15) is 33.6 Å². The van der Waals surface area contributed by atoms with Crippen molar-refractivity contribution >= 4 is 41.7 Å². The molecule has 0 radical (unpaired) electrons. The molecule has 0 aromatic heterocycles. The average Bonchev–Trinajstić information content (AvgIpc) is 2.82. The van der Waals surface area contributed by atoms with Gasteiger partial charge in [-0.2, -0.15) is 0 Å². The van der Waals surface area contributed by atoms with E-state index in [1.165, 1.54) is 14.2 Å². The van der Waals surface area contributed by atoms with Crippen LogP contribution in [0.1, 0.15) is 0 Å². The van der Waals surface area contributed by atoms with E-state index in [4.69, 9.17) is 9.84 Å². The van der Waals surface area contributed by atoms with Crippen molar-refractivity contribution in [2.45, 2.75) is 0 Å². The van der Waals surface area contributed by atoms with Gasteiger partial charge >= 0.3 is 29.8 Å². The van der Waals surface area contributed by atoms with Crippen molar-refractivity contribution in [2.75, 3.05) is 54.2 Å². The number of ether oxygens (including phenoxy) is 5. The smallest absolute Gasteiger partial charge is 0.331 e. The molecule has 0 aliphatic carbocycles. The second-order valence-corrected chi connectivity index (χ2v) is 5.44. The van der Waals surface area contributed by atoms with Crippen molar-refractivity contribution in [3.63, 3.8) is 0 Å². The molecule has 2 amide bonds. The number of carboxylic acid groups (broad SMARTS) is 1. The van der Waals surface area contributed by atoms with Gasteiger partial charge in [-0.25, -0.2) is 19.2 Å². The number of amides is 2. The highest BCUT2D eigenvalue weighted by Crippen LogP contribution is 1.85. The van der Waals surface area contributed by atoms with Gasteiger partial charge in [0.25, 0.3) is 11.8 Å². The van der Waals surface area contributed by atoms with Crippen LogP contribution in [0.15, 0.2) is 24.3 Å². The third kappa shape index (κ3) is 22.4. The number of hydrogen-bond donors (Lipinski definition) is 3. The van der Waals surface area contributed by atoms with Gasteiger partial charge in [-0.15, -0.1) is 0 Å². The minimum absolute atomic E-state index is 0.338. The van der Waals surface area contributed by atoms with Gasteiger partial charge in [0.15, 0.2) is 13.2 Å². The van der Waals surface area contributed by atoms with Crippen molar-refractivity contribution in [1.82, 2.24) is 10.6 Å². The molecule has 0 fully saturated rings. The number of methoxy groups -OCH3 is 3. The summed E-state index contributed by atoms with van der Waals surface area (Å²) in [4.78, 5) is 75.1. The maximum atomic E-state index is 11.1. The van der Waals surface area contributed by atoms with E-state index in [0.29, 0.717) is 13.2 Å². The molecule has 0 heterocycles. The lowest BCUT2D eigenvalue weighted by molar-refractivity contribution is -0.145. The molecule has 15 nitrogen and oxygen atoms in total. The fraction of sp³-hybridized carbons (Fsp3) is 0.421. The number of carboxylic acids is 1. The summed E-state index contributed by atoms with van der Waals surface area (Å²) in [6.07, 6.45) is 3.41. The molecule has 0 rings (SSSR count). The summed E-state index contributed by atoms with van der Waals surface area (Å²) in [5.74, 6) is -5.54. The first kappa shape index (κ1) is 31.9. The highest BCUT2D eigenvalue weighted by molar-refractivity contribution is 5.93. The van der Waals surface area contributed by atoms with Gasteiger partial charge in [-0.05, 0) is 0 Å². The van der Waals surface area contributed by atoms with Crippen LogP contribution in [-0.2, 0) is 57.2 Å². The molecule has 0 bridgehead atoms. The summed E-state index contributed by atoms with van der Waals surface area (Å²) >= 11 is 0. The predicted octanol–water partition coefficient (Wildman–Crippen LogP) is -2.52. The lowest BCUT2D eigenvalue weighted by Gasteiger charge is -2.04. The molecule has 0 aliphatic heterocycles. The molecular weight excluding hydrogens is 464 g/mol. The van der Waals surface area contributed by atoms with Crippen LogP contribution in [0, 0.1) is 0 Å². The maximum Gasteiger partial charge on any atom is 0.331 e. The van der Waals surface area contributed by atoms with Crippen molar-refractivity contribution in [3.05, 3.63) is 24.3 Å². The first-order valence-electron chi connectivity index (χ1n) is 9.15. The van der Waals surface area contributed by atoms with Crippen molar-refractivity contribution in [3.8, 4) is 0 Å². The van der Waals surface area contributed by atoms with Crippen molar-refractivity contribution < 1.29 is 62.4 Å². The third-order valence-electron chi connectivity index (χ3n) is 2.87. The van der Waals surface area contributed by atoms with Crippen molar-refractivity contribution in [1.29, 1.82) is 0 Å². The minimum Gasteiger partial charge on any atom is -0.480 e. The van der Waals surface area contributed by atoms with Crippen molar-refractivity contribution in [2.24, 2.45) is 0 Å². The summed E-state index contributed by atoms with van der Waals surface area (Å²) in [5, 5.41) is 12.7. The number of esters is 4. The zero-order valence-electron chi connectivity index (χ0n) is 18.7. The van der Waals surface area contributed by atoms with Crippen LogP contribution in [0.3, 0.4) is 0 Å². The monoisotopic (exact) mass is 490 g/mol. The second kappa shape index (κ2) is 20.6. The number of carbonyl (C=O) groups excluding carboxylic acids is 6. The molecule has 0 saturated carbocycles. The quantitative estimate of drug-likeness (QED) is 0.105. The SMILES string of the molecule is COC(=O)/C=C/C(=O)OCC(=O)NCC(=O)O.COCCNC(=O)COC(=O)/C=C/C(=O)OC. The van der Waals surface area contributed by atoms with Gasteiger partial charge in [-0.3, -0.25) is 14.4 Å². The zero-order valence-corrected chi connectivity index (χ0v) is 18.7. The van der Waals surface area contributed by atoms with Gasteiger partial charge in [0.1, 0.15) is 6.54 Å². The largest absolute Gasteiger partial charge is 0.480 e. The molecule has 0 unspecified atom stereocenters. The van der Waals surface area contributed by atoms with Gasteiger partial charge in [0.05, 0.1) is 20.8 Å². The molecule has 0 aliphatic rings. The summed E-state index contributed by atoms with van der Waals surface area (Å²) < 4.78 is 22.1. The molecular formula is C19H26N2O13. The minimum atomic E-state index is -1.21. The number of carbonyl (C=O) groups is 7. The van der Waals surface area contributed by atoms with Crippen LogP contribution in [0.2, 0.25) is 0 Å². The highest BCUT2D eigenvalue weighted by Gasteiger charge is 2.07. The molecule has 0 saturated heterocycles.